The van der Waals surface area contributed by atoms with Gasteiger partial charge in [-0.15, -0.1) is 0 Å². The van der Waals surface area contributed by atoms with Crippen LogP contribution in [0.2, 0.25) is 0 Å². The zero-order chi connectivity index (χ0) is 25.8. The summed E-state index contributed by atoms with van der Waals surface area (Å²) in [5.74, 6) is 1.70. The molecule has 9 nitrogen and oxygen atoms in total. The minimum Gasteiger partial charge on any atom is -0.494 e. The van der Waals surface area contributed by atoms with E-state index < -0.39 is 0 Å². The molecular weight excluding hydrogens is 468 g/mol. The molecule has 2 aromatic heterocycles. The first-order chi connectivity index (χ1) is 18.1. The number of para-hydroxylation sites is 1. The van der Waals surface area contributed by atoms with Gasteiger partial charge in [0.1, 0.15) is 11.6 Å². The van der Waals surface area contributed by atoms with Gasteiger partial charge < -0.3 is 29.9 Å². The number of aromatic nitrogens is 3. The first-order valence-corrected chi connectivity index (χ1v) is 12.3. The number of methoxy groups -OCH3 is 1. The van der Waals surface area contributed by atoms with Crippen LogP contribution in [0, 0.1) is 5.92 Å². The molecule has 1 aliphatic heterocycles. The van der Waals surface area contributed by atoms with Crippen LogP contribution in [0.25, 0.3) is 16.7 Å². The third kappa shape index (κ3) is 5.12. The smallest absolute Gasteiger partial charge is 0.247 e. The number of rotatable bonds is 8. The number of ether oxygens (including phenoxy) is 1. The first kappa shape index (κ1) is 24.3. The molecule has 3 heterocycles. The normalized spacial score (nSPS) is 13.9. The van der Waals surface area contributed by atoms with Gasteiger partial charge in [-0.25, -0.2) is 4.98 Å². The van der Waals surface area contributed by atoms with E-state index in [9.17, 15) is 9.90 Å². The summed E-state index contributed by atoms with van der Waals surface area (Å²) in [5, 5.41) is 16.8. The molecule has 1 fully saturated rings. The average molecular weight is 499 g/mol. The number of fused-ring (bicyclic) bond motifs is 1. The number of anilines is 4. The number of hydrogen-bond acceptors (Lipinski definition) is 7. The molecular formula is C28H30N6O3. The maximum Gasteiger partial charge on any atom is 0.247 e. The van der Waals surface area contributed by atoms with Crippen LogP contribution >= 0.6 is 0 Å². The highest BCUT2D eigenvalue weighted by Gasteiger charge is 2.23. The Labute approximate surface area is 215 Å². The predicted molar refractivity (Wildman–Crippen MR) is 146 cm³/mol. The largest absolute Gasteiger partial charge is 0.494 e. The number of piperidine rings is 1. The van der Waals surface area contributed by atoms with Crippen molar-refractivity contribution in [2.75, 3.05) is 42.3 Å². The van der Waals surface area contributed by atoms with Crippen molar-refractivity contribution in [3.63, 3.8) is 0 Å². The fourth-order valence-corrected chi connectivity index (χ4v) is 4.68. The van der Waals surface area contributed by atoms with E-state index in [0.29, 0.717) is 29.0 Å². The van der Waals surface area contributed by atoms with Crippen molar-refractivity contribution in [1.82, 2.24) is 14.5 Å². The van der Waals surface area contributed by atoms with E-state index in [0.717, 1.165) is 48.3 Å². The van der Waals surface area contributed by atoms with Crippen LogP contribution in [0.1, 0.15) is 12.8 Å². The molecule has 0 atom stereocenters. The number of nitrogens with one attached hydrogen (secondary N) is 2. The maximum absolute atomic E-state index is 12.3. The first-order valence-electron chi connectivity index (χ1n) is 12.3. The van der Waals surface area contributed by atoms with Crippen molar-refractivity contribution in [1.29, 1.82) is 0 Å². The summed E-state index contributed by atoms with van der Waals surface area (Å²) >= 11 is 0. The molecule has 0 bridgehead atoms. The molecule has 1 amide bonds. The van der Waals surface area contributed by atoms with Gasteiger partial charge in [0.2, 0.25) is 11.9 Å². The summed E-state index contributed by atoms with van der Waals surface area (Å²) in [5.41, 5.74) is 3.14. The van der Waals surface area contributed by atoms with E-state index in [1.165, 1.54) is 6.08 Å². The number of amides is 1. The molecule has 0 unspecified atom stereocenters. The summed E-state index contributed by atoms with van der Waals surface area (Å²) in [4.78, 5) is 23.6. The molecule has 9 heteroatoms. The molecule has 190 valence electrons. The van der Waals surface area contributed by atoms with Gasteiger partial charge in [0.05, 0.1) is 29.7 Å². The van der Waals surface area contributed by atoms with Gasteiger partial charge in [0, 0.05) is 38.2 Å². The zero-order valence-corrected chi connectivity index (χ0v) is 20.7. The van der Waals surface area contributed by atoms with Gasteiger partial charge in [0.25, 0.3) is 0 Å². The molecule has 4 aromatic rings. The molecule has 3 N–H and O–H groups in total. The molecule has 0 spiro atoms. The number of carbonyl (C=O) groups is 1. The number of aliphatic hydroxyl groups excluding tert-OH is 1. The third-order valence-corrected chi connectivity index (χ3v) is 6.71. The van der Waals surface area contributed by atoms with Crippen LogP contribution in [-0.4, -0.2) is 52.4 Å². The Morgan fingerprint density at radius 1 is 1.19 bits per heavy atom. The Balaban J connectivity index is 1.48. The number of benzene rings is 2. The third-order valence-electron chi connectivity index (χ3n) is 6.71. The lowest BCUT2D eigenvalue weighted by Crippen LogP contribution is -2.35. The van der Waals surface area contributed by atoms with Crippen LogP contribution in [0.4, 0.5) is 23.0 Å². The van der Waals surface area contributed by atoms with Crippen LogP contribution in [0.5, 0.6) is 5.75 Å². The molecule has 5 rings (SSSR count). The van der Waals surface area contributed by atoms with Crippen LogP contribution < -0.4 is 20.3 Å². The molecule has 0 aliphatic carbocycles. The summed E-state index contributed by atoms with van der Waals surface area (Å²) in [6.07, 6.45) is 6.68. The molecule has 1 saturated heterocycles. The van der Waals surface area contributed by atoms with Crippen LogP contribution in [-0.2, 0) is 4.79 Å². The Hall–Kier alpha value is -4.37. The second-order valence-electron chi connectivity index (χ2n) is 8.98. The number of nitrogens with zero attached hydrogens (tertiary/aromatic N) is 4. The quantitative estimate of drug-likeness (QED) is 0.307. The number of carbonyl (C=O) groups excluding carboxylic acids is 1. The SMILES string of the molecule is C=CC(=O)Nc1cc(Nc2nccc(-n3ccc4ccccc43)n2)c(OC)cc1N1CCC(CO)CC1. The lowest BCUT2D eigenvalue weighted by Gasteiger charge is -2.34. The average Bonchev–Trinajstić information content (AvgIpc) is 3.38. The number of aliphatic hydroxyl groups is 1. The Bertz CT molecular complexity index is 1420. The lowest BCUT2D eigenvalue weighted by atomic mass is 9.97. The van der Waals surface area contributed by atoms with Crippen molar-refractivity contribution in [2.24, 2.45) is 5.92 Å². The van der Waals surface area contributed by atoms with E-state index in [-0.39, 0.29) is 12.5 Å². The van der Waals surface area contributed by atoms with Gasteiger partial charge in [-0.1, -0.05) is 24.8 Å². The minimum atomic E-state index is -0.305. The predicted octanol–water partition coefficient (Wildman–Crippen LogP) is 4.51. The van der Waals surface area contributed by atoms with Gasteiger partial charge in [0.15, 0.2) is 0 Å². The second-order valence-corrected chi connectivity index (χ2v) is 8.98. The van der Waals surface area contributed by atoms with Crippen molar-refractivity contribution in [3.8, 4) is 11.6 Å². The zero-order valence-electron chi connectivity index (χ0n) is 20.7. The summed E-state index contributed by atoms with van der Waals surface area (Å²) in [7, 11) is 1.60. The van der Waals surface area contributed by atoms with Crippen LogP contribution in [0.3, 0.4) is 0 Å². The summed E-state index contributed by atoms with van der Waals surface area (Å²) in [6.45, 7) is 5.32. The Kier molecular flexibility index (Phi) is 7.04. The molecule has 2 aromatic carbocycles. The monoisotopic (exact) mass is 498 g/mol. The highest BCUT2D eigenvalue weighted by Crippen LogP contribution is 2.39. The van der Waals surface area contributed by atoms with E-state index in [2.05, 4.69) is 33.2 Å². The molecule has 37 heavy (non-hydrogen) atoms. The Morgan fingerprint density at radius 3 is 2.76 bits per heavy atom. The molecule has 0 radical (unpaired) electrons. The number of hydrogen-bond donors (Lipinski definition) is 3. The molecule has 1 aliphatic rings. The van der Waals surface area contributed by atoms with Crippen molar-refractivity contribution in [3.05, 3.63) is 73.6 Å². The fourth-order valence-electron chi connectivity index (χ4n) is 4.68. The second kappa shape index (κ2) is 10.7. The highest BCUT2D eigenvalue weighted by atomic mass is 16.5. The summed E-state index contributed by atoms with van der Waals surface area (Å²) < 4.78 is 7.72. The van der Waals surface area contributed by atoms with Gasteiger partial charge in [-0.05, 0) is 54.5 Å². The molecule has 0 saturated carbocycles. The Morgan fingerprint density at radius 2 is 2.00 bits per heavy atom. The van der Waals surface area contributed by atoms with Gasteiger partial charge >= 0.3 is 0 Å². The van der Waals surface area contributed by atoms with Crippen molar-refractivity contribution >= 4 is 39.8 Å². The summed E-state index contributed by atoms with van der Waals surface area (Å²) in [6, 6.07) is 15.7. The van der Waals surface area contributed by atoms with Crippen molar-refractivity contribution in [2.45, 2.75) is 12.8 Å². The van der Waals surface area contributed by atoms with Crippen molar-refractivity contribution < 1.29 is 14.6 Å². The van der Waals surface area contributed by atoms with E-state index in [1.807, 2.05) is 53.2 Å². The van der Waals surface area contributed by atoms with Crippen LogP contribution in [0.15, 0.2) is 73.6 Å². The van der Waals surface area contributed by atoms with E-state index >= 15 is 0 Å². The topological polar surface area (TPSA) is 105 Å². The lowest BCUT2D eigenvalue weighted by molar-refractivity contribution is -0.111. The standard InChI is InChI=1S/C28H30N6O3/c1-3-27(36)30-21-16-22(25(37-2)17-24(21)33-13-9-19(18-35)10-14-33)31-28-29-12-8-26(32-28)34-15-11-20-6-4-5-7-23(20)34/h3-8,11-12,15-17,19,35H,1,9-10,13-14,18H2,2H3,(H,30,36)(H,29,31,32). The van der Waals surface area contributed by atoms with Gasteiger partial charge in [-0.3, -0.25) is 4.79 Å². The van der Waals surface area contributed by atoms with Gasteiger partial charge in [-0.2, -0.15) is 4.98 Å². The van der Waals surface area contributed by atoms with E-state index in [1.54, 1.807) is 13.3 Å². The van der Waals surface area contributed by atoms with E-state index in [4.69, 9.17) is 9.72 Å². The fraction of sp³-hybridized carbons (Fsp3) is 0.250. The maximum atomic E-state index is 12.3. The highest BCUT2D eigenvalue weighted by molar-refractivity contribution is 6.02. The minimum absolute atomic E-state index is 0.192.